The zero-order chi connectivity index (χ0) is 33.7. The van der Waals surface area contributed by atoms with Crippen LogP contribution in [0.4, 0.5) is 36.4 Å². The lowest BCUT2D eigenvalue weighted by molar-refractivity contribution is -0.180. The second-order valence-corrected chi connectivity index (χ2v) is 12.5. The predicted octanol–water partition coefficient (Wildman–Crippen LogP) is 7.14. The van der Waals surface area contributed by atoms with Gasteiger partial charge in [0.15, 0.2) is 5.79 Å². The molecule has 2 bridgehead atoms. The van der Waals surface area contributed by atoms with E-state index in [4.69, 9.17) is 14.2 Å². The standard InChI is InChI=1S/C33H33F7N2O5/c1-45-26-9-4-17(18-3-2-10-31(15-18)46-11-12-47-31)13-22(26)29(43)42-28-21-7-6-20(23(21)16-32(35,36)37)27(28)30(44)41-19-5-8-25(34)24(14-19)33(38,39)40/h4-5,8-9,13-14,16,18,20-21,27-28H,2-3,6-7,10-12,15H2,1H3,(H,41,44)(H,42,43)/b23-16-/t18?,20-,21+,27-,28+/m0/s1. The minimum atomic E-state index is -5.04. The highest BCUT2D eigenvalue weighted by Gasteiger charge is 2.56. The van der Waals surface area contributed by atoms with Crippen LogP contribution in [0.5, 0.6) is 5.75 Å². The van der Waals surface area contributed by atoms with E-state index in [0.29, 0.717) is 31.8 Å². The van der Waals surface area contributed by atoms with Crippen LogP contribution in [0.2, 0.25) is 0 Å². The second kappa shape index (κ2) is 12.4. The molecule has 5 atom stereocenters. The number of allylic oxidation sites excluding steroid dienone is 1. The largest absolute Gasteiger partial charge is 0.496 e. The van der Waals surface area contributed by atoms with E-state index in [0.717, 1.165) is 30.9 Å². The second-order valence-electron chi connectivity index (χ2n) is 12.5. The third-order valence-electron chi connectivity index (χ3n) is 9.79. The van der Waals surface area contributed by atoms with Crippen LogP contribution in [-0.2, 0) is 20.4 Å². The molecule has 254 valence electrons. The SMILES string of the molecule is COc1ccc(C2CCCC3(C2)OCCO3)cc1C(=O)N[C@H]1[C@@H](C(=O)Nc2ccc(F)c(C(F)(F)F)c2)[C@H]2CC[C@@H]1/C2=C\C(F)(F)F. The molecular formula is C33H33F7N2O5. The van der Waals surface area contributed by atoms with Crippen molar-refractivity contribution in [1.82, 2.24) is 5.32 Å². The van der Waals surface area contributed by atoms with Crippen molar-refractivity contribution in [3.05, 3.63) is 70.6 Å². The van der Waals surface area contributed by atoms with Crippen molar-refractivity contribution >= 4 is 17.5 Å². The zero-order valence-electron chi connectivity index (χ0n) is 25.3. The summed E-state index contributed by atoms with van der Waals surface area (Å²) in [7, 11) is 1.37. The molecule has 1 aliphatic heterocycles. The van der Waals surface area contributed by atoms with E-state index in [1.807, 2.05) is 6.07 Å². The van der Waals surface area contributed by atoms with Gasteiger partial charge in [0.05, 0.1) is 37.4 Å². The molecule has 14 heteroatoms. The first-order chi connectivity index (χ1) is 22.2. The van der Waals surface area contributed by atoms with Gasteiger partial charge in [-0.05, 0) is 73.4 Å². The highest BCUT2D eigenvalue weighted by molar-refractivity contribution is 5.99. The molecule has 3 aliphatic carbocycles. The van der Waals surface area contributed by atoms with Crippen LogP contribution < -0.4 is 15.4 Å². The maximum atomic E-state index is 13.9. The summed E-state index contributed by atoms with van der Waals surface area (Å²) in [6.07, 6.45) is -6.12. The van der Waals surface area contributed by atoms with Crippen molar-refractivity contribution in [3.8, 4) is 5.75 Å². The summed E-state index contributed by atoms with van der Waals surface area (Å²) in [5.41, 5.74) is -1.09. The van der Waals surface area contributed by atoms with Gasteiger partial charge in [-0.15, -0.1) is 0 Å². The summed E-state index contributed by atoms with van der Waals surface area (Å²) in [5, 5.41) is 5.10. The lowest BCUT2D eigenvalue weighted by atomic mass is 9.80. The number of anilines is 1. The number of carbonyl (C=O) groups excluding carboxylic acids is 2. The Morgan fingerprint density at radius 2 is 1.70 bits per heavy atom. The summed E-state index contributed by atoms with van der Waals surface area (Å²) < 4.78 is 112. The van der Waals surface area contributed by atoms with E-state index < -0.39 is 65.1 Å². The number of benzene rings is 2. The first kappa shape index (κ1) is 33.3. The number of fused-ring (bicyclic) bond motifs is 2. The molecule has 2 aromatic carbocycles. The van der Waals surface area contributed by atoms with Crippen LogP contribution >= 0.6 is 0 Å². The van der Waals surface area contributed by atoms with E-state index in [1.54, 1.807) is 12.1 Å². The summed E-state index contributed by atoms with van der Waals surface area (Å²) >= 11 is 0. The molecular weight excluding hydrogens is 637 g/mol. The van der Waals surface area contributed by atoms with Crippen LogP contribution in [0.15, 0.2) is 48.0 Å². The number of nitrogens with one attached hydrogen (secondary N) is 2. The molecule has 2 N–H and O–H groups in total. The molecule has 0 radical (unpaired) electrons. The third-order valence-corrected chi connectivity index (χ3v) is 9.79. The van der Waals surface area contributed by atoms with E-state index in [1.165, 1.54) is 7.11 Å². The molecule has 1 heterocycles. The molecule has 47 heavy (non-hydrogen) atoms. The van der Waals surface area contributed by atoms with Gasteiger partial charge in [-0.3, -0.25) is 9.59 Å². The number of hydrogen-bond donors (Lipinski definition) is 2. The fourth-order valence-corrected chi connectivity index (χ4v) is 7.85. The van der Waals surface area contributed by atoms with E-state index >= 15 is 0 Å². The summed E-state index contributed by atoms with van der Waals surface area (Å²) in [6.45, 7) is 0.993. The van der Waals surface area contributed by atoms with Gasteiger partial charge in [-0.1, -0.05) is 11.6 Å². The predicted molar refractivity (Wildman–Crippen MR) is 154 cm³/mol. The van der Waals surface area contributed by atoms with Crippen LogP contribution in [0, 0.1) is 23.6 Å². The molecule has 4 aliphatic rings. The maximum absolute atomic E-state index is 13.9. The van der Waals surface area contributed by atoms with E-state index in [-0.39, 0.29) is 47.4 Å². The van der Waals surface area contributed by atoms with Gasteiger partial charge >= 0.3 is 12.4 Å². The monoisotopic (exact) mass is 670 g/mol. The Morgan fingerprint density at radius 3 is 2.38 bits per heavy atom. The number of amides is 2. The smallest absolute Gasteiger partial charge is 0.419 e. The number of hydrogen-bond acceptors (Lipinski definition) is 5. The maximum Gasteiger partial charge on any atom is 0.419 e. The summed E-state index contributed by atoms with van der Waals surface area (Å²) in [5.74, 6) is -6.58. The first-order valence-corrected chi connectivity index (χ1v) is 15.4. The first-order valence-electron chi connectivity index (χ1n) is 15.4. The number of carbonyl (C=O) groups is 2. The van der Waals surface area contributed by atoms with Crippen molar-refractivity contribution in [3.63, 3.8) is 0 Å². The Labute approximate surface area is 265 Å². The number of alkyl halides is 6. The Hall–Kier alpha value is -3.65. The third kappa shape index (κ3) is 6.71. The highest BCUT2D eigenvalue weighted by Crippen LogP contribution is 2.54. The Balaban J connectivity index is 1.29. The number of halogens is 7. The molecule has 4 fully saturated rings. The molecule has 1 unspecified atom stereocenters. The van der Waals surface area contributed by atoms with Crippen LogP contribution in [0.25, 0.3) is 0 Å². The molecule has 6 rings (SSSR count). The zero-order valence-corrected chi connectivity index (χ0v) is 25.3. The molecule has 7 nitrogen and oxygen atoms in total. The fraction of sp³-hybridized carbons (Fsp3) is 0.515. The van der Waals surface area contributed by atoms with Crippen LogP contribution in [0.3, 0.4) is 0 Å². The molecule has 1 spiro atoms. The molecule has 2 aromatic rings. The Morgan fingerprint density at radius 1 is 0.979 bits per heavy atom. The van der Waals surface area contributed by atoms with E-state index in [9.17, 15) is 40.3 Å². The van der Waals surface area contributed by atoms with Crippen LogP contribution in [-0.4, -0.2) is 50.1 Å². The molecule has 3 saturated carbocycles. The van der Waals surface area contributed by atoms with Gasteiger partial charge < -0.3 is 24.8 Å². The topological polar surface area (TPSA) is 85.9 Å². The normalized spacial score (nSPS) is 27.7. The van der Waals surface area contributed by atoms with Gasteiger partial charge in [-0.2, -0.15) is 26.3 Å². The number of ether oxygens (including phenoxy) is 3. The minimum Gasteiger partial charge on any atom is -0.496 e. The summed E-state index contributed by atoms with van der Waals surface area (Å²) in [4.78, 5) is 27.5. The van der Waals surface area contributed by atoms with Crippen molar-refractivity contribution < 1.29 is 54.5 Å². The van der Waals surface area contributed by atoms with Crippen molar-refractivity contribution in [1.29, 1.82) is 0 Å². The van der Waals surface area contributed by atoms with Gasteiger partial charge in [-0.25, -0.2) is 4.39 Å². The molecule has 1 saturated heterocycles. The van der Waals surface area contributed by atoms with Gasteiger partial charge in [0, 0.05) is 36.6 Å². The Bertz CT molecular complexity index is 1570. The van der Waals surface area contributed by atoms with E-state index in [2.05, 4.69) is 10.6 Å². The van der Waals surface area contributed by atoms with Crippen LogP contribution in [0.1, 0.15) is 65.9 Å². The quantitative estimate of drug-likeness (QED) is 0.252. The van der Waals surface area contributed by atoms with Gasteiger partial charge in [0.1, 0.15) is 11.6 Å². The molecule has 0 aromatic heterocycles. The molecule has 2 amide bonds. The summed E-state index contributed by atoms with van der Waals surface area (Å²) in [6, 6.07) is 5.93. The highest BCUT2D eigenvalue weighted by atomic mass is 19.4. The van der Waals surface area contributed by atoms with Gasteiger partial charge in [0.25, 0.3) is 5.91 Å². The average molecular weight is 671 g/mol. The minimum absolute atomic E-state index is 0.000976. The van der Waals surface area contributed by atoms with Crippen molar-refractivity contribution in [2.75, 3.05) is 25.6 Å². The van der Waals surface area contributed by atoms with Crippen molar-refractivity contribution in [2.24, 2.45) is 17.8 Å². The average Bonchev–Trinajstić information content (AvgIpc) is 3.69. The lowest BCUT2D eigenvalue weighted by Crippen LogP contribution is -2.48. The van der Waals surface area contributed by atoms with Crippen molar-refractivity contribution in [2.45, 2.75) is 68.6 Å². The number of rotatable bonds is 6. The van der Waals surface area contributed by atoms with Gasteiger partial charge in [0.2, 0.25) is 5.91 Å². The Kier molecular flexibility index (Phi) is 8.79. The lowest BCUT2D eigenvalue weighted by Gasteiger charge is -2.36. The number of methoxy groups -OCH3 is 1. The fourth-order valence-electron chi connectivity index (χ4n) is 7.85.